The van der Waals surface area contributed by atoms with Crippen molar-refractivity contribution in [2.75, 3.05) is 4.90 Å². The first-order valence-corrected chi connectivity index (χ1v) is 9.67. The molecule has 1 aliphatic heterocycles. The predicted molar refractivity (Wildman–Crippen MR) is 98.6 cm³/mol. The van der Waals surface area contributed by atoms with E-state index in [0.717, 1.165) is 17.0 Å². The monoisotopic (exact) mass is 374 g/mol. The highest BCUT2D eigenvalue weighted by Gasteiger charge is 2.38. The summed E-state index contributed by atoms with van der Waals surface area (Å²) in [4.78, 5) is 13.5. The lowest BCUT2D eigenvalue weighted by Crippen LogP contribution is -2.30. The highest BCUT2D eigenvalue weighted by Crippen LogP contribution is 2.47. The van der Waals surface area contributed by atoms with E-state index < -0.39 is 6.43 Å². The fourth-order valence-corrected chi connectivity index (χ4v) is 5.22. The minimum Gasteiger partial charge on any atom is -0.324 e. The van der Waals surface area contributed by atoms with Crippen LogP contribution in [0.25, 0.3) is 0 Å². The number of thioether (sulfide) groups is 1. The Hall–Kier alpha value is -1.08. The summed E-state index contributed by atoms with van der Waals surface area (Å²) in [6.45, 7) is 10.6. The second-order valence-electron chi connectivity index (χ2n) is 7.20. The number of carbonyl (C=O) groups excluding carboxylic acids is 1. The number of halogens is 2. The van der Waals surface area contributed by atoms with Crippen molar-refractivity contribution in [1.29, 1.82) is 0 Å². The largest absolute Gasteiger partial charge is 0.324 e. The minimum atomic E-state index is -2.64. The molecule has 24 heavy (non-hydrogen) atoms. The highest BCUT2D eigenvalue weighted by molar-refractivity contribution is 8.04. The van der Waals surface area contributed by atoms with Crippen molar-refractivity contribution < 1.29 is 13.6 Å². The molecule has 0 fully saturated rings. The molecule has 134 valence electrons. The molecule has 0 spiro atoms. The number of nitrogens with zero attached hydrogens (tertiary/aromatic N) is 1. The number of allylic oxidation sites excluding steroid dienone is 1. The van der Waals surface area contributed by atoms with Crippen LogP contribution in [0.2, 0.25) is 0 Å². The van der Waals surface area contributed by atoms with Crippen LogP contribution in [0.3, 0.4) is 0 Å². The first-order chi connectivity index (χ1) is 11.2. The van der Waals surface area contributed by atoms with Gasteiger partial charge in [0.1, 0.15) is 10.7 Å². The molecule has 2 unspecified atom stereocenters. The maximum atomic E-state index is 13.7. The third kappa shape index (κ3) is 4.11. The van der Waals surface area contributed by atoms with E-state index in [9.17, 15) is 13.6 Å². The van der Waals surface area contributed by atoms with Gasteiger partial charge in [-0.25, -0.2) is 8.78 Å². The summed E-state index contributed by atoms with van der Waals surface area (Å²) < 4.78 is 27.3. The number of hydrogen-bond donors (Lipinski definition) is 1. The van der Waals surface area contributed by atoms with Crippen LogP contribution in [0.4, 0.5) is 14.5 Å². The number of hydrogen-bond acceptors (Lipinski definition) is 4. The Morgan fingerprint density at radius 3 is 2.62 bits per heavy atom. The molecule has 7 heteroatoms. The van der Waals surface area contributed by atoms with Gasteiger partial charge in [0.25, 0.3) is 6.43 Å². The summed E-state index contributed by atoms with van der Waals surface area (Å²) in [5.74, 6) is 0.277. The van der Waals surface area contributed by atoms with E-state index >= 15 is 0 Å². The van der Waals surface area contributed by atoms with Crippen LogP contribution in [0.1, 0.15) is 51.8 Å². The van der Waals surface area contributed by atoms with Crippen LogP contribution >= 0.6 is 23.1 Å². The molecule has 2 heterocycles. The second-order valence-corrected chi connectivity index (χ2v) is 9.47. The van der Waals surface area contributed by atoms with Gasteiger partial charge in [0, 0.05) is 4.88 Å². The van der Waals surface area contributed by atoms with E-state index in [0.29, 0.717) is 6.41 Å². The SMILES string of the molecule is CC(CC(C)(C)C)c1sccc1N1C(C(F)F)=C(NC=O)SC1C. The van der Waals surface area contributed by atoms with Gasteiger partial charge in [-0.1, -0.05) is 39.5 Å². The standard InChI is InChI=1S/C17H24F2N2OS2/c1-10(8-17(3,4)5)14-12(6-7-23-14)21-11(2)24-16(20-9-22)13(21)15(18)19/h6-7,9-11,15H,8H2,1-5H3,(H,20,22). The van der Waals surface area contributed by atoms with E-state index in [1.807, 2.05) is 18.4 Å². The van der Waals surface area contributed by atoms with Crippen molar-refractivity contribution in [2.45, 2.75) is 58.8 Å². The molecular weight excluding hydrogens is 350 g/mol. The fraction of sp³-hybridized carbons (Fsp3) is 0.588. The Morgan fingerprint density at radius 2 is 2.08 bits per heavy atom. The van der Waals surface area contributed by atoms with Crippen LogP contribution in [0, 0.1) is 5.41 Å². The van der Waals surface area contributed by atoms with Crippen LogP contribution in [0.5, 0.6) is 0 Å². The van der Waals surface area contributed by atoms with Crippen molar-refractivity contribution in [3.8, 4) is 0 Å². The normalized spacial score (nSPS) is 20.0. The summed E-state index contributed by atoms with van der Waals surface area (Å²) in [5.41, 5.74) is 0.884. The second kappa shape index (κ2) is 7.44. The molecular formula is C17H24F2N2OS2. The Morgan fingerprint density at radius 1 is 1.42 bits per heavy atom. The minimum absolute atomic E-state index is 0.109. The zero-order chi connectivity index (χ0) is 18.1. The van der Waals surface area contributed by atoms with Gasteiger partial charge in [-0.05, 0) is 36.1 Å². The van der Waals surface area contributed by atoms with Crippen LogP contribution in [-0.4, -0.2) is 18.2 Å². The molecule has 1 aromatic rings. The molecule has 1 aromatic heterocycles. The van der Waals surface area contributed by atoms with Gasteiger partial charge in [0.15, 0.2) is 0 Å². The molecule has 1 amide bonds. The molecule has 0 radical (unpaired) electrons. The quantitative estimate of drug-likeness (QED) is 0.680. The molecule has 0 bridgehead atoms. The average molecular weight is 375 g/mol. The first-order valence-electron chi connectivity index (χ1n) is 7.91. The van der Waals surface area contributed by atoms with E-state index in [1.165, 1.54) is 11.8 Å². The maximum absolute atomic E-state index is 13.7. The molecule has 2 atom stereocenters. The fourth-order valence-electron chi connectivity index (χ4n) is 3.17. The molecule has 0 aliphatic carbocycles. The van der Waals surface area contributed by atoms with Gasteiger partial charge < -0.3 is 10.2 Å². The van der Waals surface area contributed by atoms with E-state index in [1.54, 1.807) is 16.2 Å². The molecule has 0 aromatic carbocycles. The van der Waals surface area contributed by atoms with Crippen LogP contribution in [0.15, 0.2) is 22.2 Å². The van der Waals surface area contributed by atoms with Gasteiger partial charge in [-0.3, -0.25) is 4.79 Å². The average Bonchev–Trinajstić information content (AvgIpc) is 3.01. The lowest BCUT2D eigenvalue weighted by Gasteiger charge is -2.29. The highest BCUT2D eigenvalue weighted by atomic mass is 32.2. The Balaban J connectivity index is 2.41. The smallest absolute Gasteiger partial charge is 0.281 e. The number of amides is 1. The molecule has 1 aliphatic rings. The van der Waals surface area contributed by atoms with E-state index in [-0.39, 0.29) is 27.4 Å². The van der Waals surface area contributed by atoms with Gasteiger partial charge >= 0.3 is 0 Å². The number of nitrogens with one attached hydrogen (secondary N) is 1. The molecule has 1 N–H and O–H groups in total. The van der Waals surface area contributed by atoms with E-state index in [2.05, 4.69) is 33.0 Å². The van der Waals surface area contributed by atoms with Gasteiger partial charge in [-0.2, -0.15) is 0 Å². The van der Waals surface area contributed by atoms with Crippen LogP contribution < -0.4 is 10.2 Å². The van der Waals surface area contributed by atoms with Crippen molar-refractivity contribution in [3.63, 3.8) is 0 Å². The van der Waals surface area contributed by atoms with Gasteiger partial charge in [0.05, 0.1) is 11.1 Å². The van der Waals surface area contributed by atoms with Gasteiger partial charge in [-0.15, -0.1) is 11.3 Å². The van der Waals surface area contributed by atoms with E-state index in [4.69, 9.17) is 0 Å². The lowest BCUT2D eigenvalue weighted by atomic mass is 9.84. The third-order valence-corrected chi connectivity index (χ3v) is 6.09. The van der Waals surface area contributed by atoms with Crippen LogP contribution in [-0.2, 0) is 4.79 Å². The zero-order valence-electron chi connectivity index (χ0n) is 14.6. The summed E-state index contributed by atoms with van der Waals surface area (Å²) in [6, 6.07) is 1.91. The topological polar surface area (TPSA) is 32.3 Å². The predicted octanol–water partition coefficient (Wildman–Crippen LogP) is 5.37. The number of thiophene rings is 1. The molecule has 2 rings (SSSR count). The van der Waals surface area contributed by atoms with Crippen molar-refractivity contribution >= 4 is 35.2 Å². The molecule has 3 nitrogen and oxygen atoms in total. The summed E-state index contributed by atoms with van der Waals surface area (Å²) in [7, 11) is 0. The Labute approximate surface area is 150 Å². The summed E-state index contributed by atoms with van der Waals surface area (Å²) in [6.07, 6.45) is -1.21. The van der Waals surface area contributed by atoms with Crippen molar-refractivity contribution in [3.05, 3.63) is 27.0 Å². The summed E-state index contributed by atoms with van der Waals surface area (Å²) in [5, 5.41) is 4.44. The third-order valence-electron chi connectivity index (χ3n) is 3.84. The number of anilines is 1. The first kappa shape index (κ1) is 19.2. The number of alkyl halides is 2. The Bertz CT molecular complexity index is 622. The van der Waals surface area contributed by atoms with Gasteiger partial charge in [0.2, 0.25) is 6.41 Å². The lowest BCUT2D eigenvalue weighted by molar-refractivity contribution is -0.108. The van der Waals surface area contributed by atoms with Crippen molar-refractivity contribution in [2.24, 2.45) is 5.41 Å². The molecule has 0 saturated heterocycles. The maximum Gasteiger partial charge on any atom is 0.281 e. The molecule has 0 saturated carbocycles. The summed E-state index contributed by atoms with van der Waals surface area (Å²) >= 11 is 2.86. The Kier molecular flexibility index (Phi) is 5.96. The number of rotatable bonds is 6. The number of carbonyl (C=O) groups is 1. The van der Waals surface area contributed by atoms with Crippen molar-refractivity contribution in [1.82, 2.24) is 5.32 Å². The zero-order valence-corrected chi connectivity index (χ0v) is 16.2.